The summed E-state index contributed by atoms with van der Waals surface area (Å²) < 4.78 is 11.7. The van der Waals surface area contributed by atoms with Gasteiger partial charge in [0, 0.05) is 4.47 Å². The van der Waals surface area contributed by atoms with E-state index in [4.69, 9.17) is 14.6 Å². The Hall–Kier alpha value is -1.86. The first-order valence-corrected chi connectivity index (χ1v) is 8.08. The number of esters is 1. The van der Waals surface area contributed by atoms with Gasteiger partial charge in [0.15, 0.2) is 6.61 Å². The lowest BCUT2D eigenvalue weighted by molar-refractivity contribution is -0.136. The van der Waals surface area contributed by atoms with Crippen LogP contribution in [0.5, 0.6) is 11.5 Å². The molecule has 0 saturated carbocycles. The van der Waals surface area contributed by atoms with Crippen LogP contribution in [0.25, 0.3) is 0 Å². The molecule has 0 saturated heterocycles. The van der Waals surface area contributed by atoms with Gasteiger partial charge in [-0.1, -0.05) is 22.0 Å². The topological polar surface area (TPSA) is 72.8 Å². The largest absolute Gasteiger partial charge is 0.481 e. The Balaban J connectivity index is 2.04. The van der Waals surface area contributed by atoms with Gasteiger partial charge in [-0.3, -0.25) is 0 Å². The van der Waals surface area contributed by atoms with E-state index in [1.807, 2.05) is 19.1 Å². The van der Waals surface area contributed by atoms with Gasteiger partial charge in [-0.15, -0.1) is 0 Å². The average molecular weight is 444 g/mol. The van der Waals surface area contributed by atoms with Crippen molar-refractivity contribution in [3.05, 3.63) is 56.5 Å². The number of benzene rings is 2. The highest BCUT2D eigenvalue weighted by Gasteiger charge is 2.16. The van der Waals surface area contributed by atoms with Crippen molar-refractivity contribution in [1.29, 1.82) is 0 Å². The second kappa shape index (κ2) is 7.61. The van der Waals surface area contributed by atoms with E-state index in [1.54, 1.807) is 12.1 Å². The first-order valence-electron chi connectivity index (χ1n) is 6.49. The summed E-state index contributed by atoms with van der Waals surface area (Å²) >= 11 is 6.51. The third kappa shape index (κ3) is 4.80. The molecule has 23 heavy (non-hydrogen) atoms. The number of aryl methyl sites for hydroxylation is 1. The van der Waals surface area contributed by atoms with Gasteiger partial charge in [0.25, 0.3) is 0 Å². The van der Waals surface area contributed by atoms with E-state index < -0.39 is 11.9 Å². The molecule has 0 atom stereocenters. The van der Waals surface area contributed by atoms with Gasteiger partial charge < -0.3 is 14.6 Å². The van der Waals surface area contributed by atoms with Gasteiger partial charge in [0.2, 0.25) is 0 Å². The molecule has 5 nitrogen and oxygen atoms in total. The van der Waals surface area contributed by atoms with E-state index in [0.717, 1.165) is 10.0 Å². The van der Waals surface area contributed by atoms with Crippen molar-refractivity contribution in [3.8, 4) is 11.5 Å². The van der Waals surface area contributed by atoms with Crippen LogP contribution in [0.4, 0.5) is 0 Å². The molecular weight excluding hydrogens is 432 g/mol. The number of rotatable bonds is 5. The van der Waals surface area contributed by atoms with Gasteiger partial charge in [-0.05, 0) is 58.7 Å². The van der Waals surface area contributed by atoms with Crippen LogP contribution in [0, 0.1) is 6.92 Å². The molecule has 0 aromatic heterocycles. The summed E-state index contributed by atoms with van der Waals surface area (Å²) in [5.41, 5.74) is 0.942. The smallest absolute Gasteiger partial charge is 0.349 e. The zero-order chi connectivity index (χ0) is 17.0. The zero-order valence-corrected chi connectivity index (χ0v) is 15.2. The van der Waals surface area contributed by atoms with Crippen LogP contribution in [0.1, 0.15) is 15.9 Å². The molecule has 0 amide bonds. The molecule has 0 bridgehead atoms. The fourth-order valence-corrected chi connectivity index (χ4v) is 2.74. The van der Waals surface area contributed by atoms with Crippen molar-refractivity contribution in [2.45, 2.75) is 6.92 Å². The Morgan fingerprint density at radius 2 is 1.78 bits per heavy atom. The minimum Gasteiger partial charge on any atom is -0.481 e. The summed E-state index contributed by atoms with van der Waals surface area (Å²) in [6, 6.07) is 9.80. The molecule has 0 fully saturated rings. The number of halogens is 2. The number of aromatic carboxylic acids is 1. The van der Waals surface area contributed by atoms with E-state index in [2.05, 4.69) is 31.9 Å². The van der Waals surface area contributed by atoms with Gasteiger partial charge in [0.05, 0.1) is 4.47 Å². The highest BCUT2D eigenvalue weighted by molar-refractivity contribution is 9.10. The van der Waals surface area contributed by atoms with Gasteiger partial charge >= 0.3 is 11.9 Å². The van der Waals surface area contributed by atoms with E-state index >= 15 is 0 Å². The number of ether oxygens (including phenoxy) is 2. The lowest BCUT2D eigenvalue weighted by atomic mass is 10.2. The lowest BCUT2D eigenvalue weighted by Crippen LogP contribution is -2.19. The molecular formula is C16H12Br2O5. The van der Waals surface area contributed by atoms with Gasteiger partial charge in [0.1, 0.15) is 17.1 Å². The summed E-state index contributed by atoms with van der Waals surface area (Å²) in [7, 11) is 0. The molecule has 2 aromatic carbocycles. The van der Waals surface area contributed by atoms with Gasteiger partial charge in [-0.25, -0.2) is 9.59 Å². The summed E-state index contributed by atoms with van der Waals surface area (Å²) in [6.45, 7) is 1.60. The highest BCUT2D eigenvalue weighted by Crippen LogP contribution is 2.26. The predicted octanol–water partition coefficient (Wildman–Crippen LogP) is 4.20. The number of carbonyl (C=O) groups excluding carboxylic acids is 1. The molecule has 0 radical (unpaired) electrons. The van der Waals surface area contributed by atoms with Crippen LogP contribution in [-0.4, -0.2) is 23.7 Å². The average Bonchev–Trinajstić information content (AvgIpc) is 2.48. The minimum atomic E-state index is -1.18. The van der Waals surface area contributed by atoms with E-state index in [0.29, 0.717) is 10.2 Å². The second-order valence-corrected chi connectivity index (χ2v) is 6.41. The molecule has 7 heteroatoms. The van der Waals surface area contributed by atoms with Crippen molar-refractivity contribution >= 4 is 43.8 Å². The molecule has 2 aromatic rings. The molecule has 0 aliphatic heterocycles. The Morgan fingerprint density at radius 1 is 1.09 bits per heavy atom. The summed E-state index contributed by atoms with van der Waals surface area (Å²) in [6.07, 6.45) is 0. The first kappa shape index (κ1) is 17.5. The van der Waals surface area contributed by atoms with Crippen LogP contribution < -0.4 is 9.47 Å². The number of carboxylic acid groups (broad SMARTS) is 1. The fourth-order valence-electron chi connectivity index (χ4n) is 1.77. The van der Waals surface area contributed by atoms with E-state index in [-0.39, 0.29) is 17.9 Å². The number of hydrogen-bond donors (Lipinski definition) is 1. The molecule has 0 aliphatic carbocycles. The first-order chi connectivity index (χ1) is 10.9. The minimum absolute atomic E-state index is 0.0303. The van der Waals surface area contributed by atoms with Crippen molar-refractivity contribution in [2.24, 2.45) is 0 Å². The number of carbonyl (C=O) groups is 2. The van der Waals surface area contributed by atoms with Crippen molar-refractivity contribution in [3.63, 3.8) is 0 Å². The Kier molecular flexibility index (Phi) is 5.79. The molecule has 0 spiro atoms. The fraction of sp³-hybridized carbons (Fsp3) is 0.125. The number of carboxylic acids is 1. The third-order valence-corrected chi connectivity index (χ3v) is 3.94. The second-order valence-electron chi connectivity index (χ2n) is 4.64. The maximum Gasteiger partial charge on any atom is 0.349 e. The highest BCUT2D eigenvalue weighted by atomic mass is 79.9. The SMILES string of the molecule is Cc1ccc(OCC(=O)Oc2ccc(Br)cc2C(=O)O)c(Br)c1. The third-order valence-electron chi connectivity index (χ3n) is 2.83. The molecule has 1 N–H and O–H groups in total. The van der Waals surface area contributed by atoms with E-state index in [9.17, 15) is 9.59 Å². The Morgan fingerprint density at radius 3 is 2.43 bits per heavy atom. The van der Waals surface area contributed by atoms with Gasteiger partial charge in [-0.2, -0.15) is 0 Å². The van der Waals surface area contributed by atoms with Crippen molar-refractivity contribution < 1.29 is 24.2 Å². The zero-order valence-electron chi connectivity index (χ0n) is 12.0. The van der Waals surface area contributed by atoms with E-state index in [1.165, 1.54) is 12.1 Å². The lowest BCUT2D eigenvalue weighted by Gasteiger charge is -2.10. The summed E-state index contributed by atoms with van der Waals surface area (Å²) in [5, 5.41) is 9.12. The maximum absolute atomic E-state index is 11.9. The van der Waals surface area contributed by atoms with Crippen molar-refractivity contribution in [2.75, 3.05) is 6.61 Å². The van der Waals surface area contributed by atoms with Crippen LogP contribution in [-0.2, 0) is 4.79 Å². The quantitative estimate of drug-likeness (QED) is 0.553. The monoisotopic (exact) mass is 442 g/mol. The maximum atomic E-state index is 11.9. The summed E-state index contributed by atoms with van der Waals surface area (Å²) in [5.74, 6) is -1.40. The normalized spacial score (nSPS) is 10.2. The Labute approximate surface area is 149 Å². The standard InChI is InChI=1S/C16H12Br2O5/c1-9-2-4-14(12(18)6-9)22-8-15(19)23-13-5-3-10(17)7-11(13)16(20)21/h2-7H,8H2,1H3,(H,20,21). The van der Waals surface area contributed by atoms with Crippen LogP contribution in [0.15, 0.2) is 45.3 Å². The van der Waals surface area contributed by atoms with Crippen molar-refractivity contribution in [1.82, 2.24) is 0 Å². The molecule has 0 heterocycles. The van der Waals surface area contributed by atoms with Crippen LogP contribution in [0.2, 0.25) is 0 Å². The number of hydrogen-bond acceptors (Lipinski definition) is 4. The molecule has 0 aliphatic rings. The predicted molar refractivity (Wildman–Crippen MR) is 91.1 cm³/mol. The van der Waals surface area contributed by atoms with Crippen LogP contribution >= 0.6 is 31.9 Å². The molecule has 2 rings (SSSR count). The summed E-state index contributed by atoms with van der Waals surface area (Å²) in [4.78, 5) is 23.0. The van der Waals surface area contributed by atoms with Crippen LogP contribution in [0.3, 0.4) is 0 Å². The Bertz CT molecular complexity index is 758. The molecule has 0 unspecified atom stereocenters. The molecule has 120 valence electrons.